The summed E-state index contributed by atoms with van der Waals surface area (Å²) in [4.78, 5) is 0. The van der Waals surface area contributed by atoms with Crippen LogP contribution in [0.4, 0.5) is 0 Å². The molecular formula is C19H15O. The summed E-state index contributed by atoms with van der Waals surface area (Å²) >= 11 is 0. The molecule has 0 spiro atoms. The molecule has 1 nitrogen and oxygen atoms in total. The van der Waals surface area contributed by atoms with E-state index in [0.29, 0.717) is 6.61 Å². The van der Waals surface area contributed by atoms with Crippen molar-refractivity contribution < 1.29 is 4.74 Å². The first-order chi connectivity index (χ1) is 9.93. The second-order valence-corrected chi connectivity index (χ2v) is 4.55. The van der Waals surface area contributed by atoms with Crippen LogP contribution in [0.25, 0.3) is 11.1 Å². The van der Waals surface area contributed by atoms with Gasteiger partial charge in [-0.1, -0.05) is 78.9 Å². The van der Waals surface area contributed by atoms with E-state index in [-0.39, 0.29) is 0 Å². The Morgan fingerprint density at radius 3 is 2.20 bits per heavy atom. The van der Waals surface area contributed by atoms with Crippen LogP contribution in [0, 0.1) is 6.07 Å². The highest BCUT2D eigenvalue weighted by molar-refractivity contribution is 5.69. The molecule has 97 valence electrons. The van der Waals surface area contributed by atoms with Crippen molar-refractivity contribution in [2.45, 2.75) is 6.61 Å². The van der Waals surface area contributed by atoms with Crippen LogP contribution >= 0.6 is 0 Å². The first kappa shape index (κ1) is 12.5. The van der Waals surface area contributed by atoms with E-state index in [9.17, 15) is 0 Å². The van der Waals surface area contributed by atoms with Gasteiger partial charge in [0.15, 0.2) is 0 Å². The lowest BCUT2D eigenvalue weighted by Gasteiger charge is -2.11. The minimum absolute atomic E-state index is 0.557. The molecule has 0 atom stereocenters. The van der Waals surface area contributed by atoms with Crippen LogP contribution in [0.1, 0.15) is 5.56 Å². The maximum Gasteiger partial charge on any atom is 0.135 e. The van der Waals surface area contributed by atoms with Gasteiger partial charge in [0.25, 0.3) is 0 Å². The lowest BCUT2D eigenvalue weighted by atomic mass is 10.1. The van der Waals surface area contributed by atoms with Crippen molar-refractivity contribution in [1.29, 1.82) is 0 Å². The van der Waals surface area contributed by atoms with E-state index in [1.165, 1.54) is 0 Å². The molecular weight excluding hydrogens is 244 g/mol. The Hall–Kier alpha value is -2.54. The number of hydrogen-bond donors (Lipinski definition) is 0. The molecule has 0 saturated carbocycles. The number of ether oxygens (including phenoxy) is 1. The molecule has 0 bridgehead atoms. The van der Waals surface area contributed by atoms with Gasteiger partial charge in [-0.2, -0.15) is 0 Å². The largest absolute Gasteiger partial charge is 0.488 e. The third-order valence-corrected chi connectivity index (χ3v) is 3.13. The maximum atomic E-state index is 5.92. The van der Waals surface area contributed by atoms with Crippen molar-refractivity contribution in [3.05, 3.63) is 90.5 Å². The number of benzene rings is 3. The molecule has 0 N–H and O–H groups in total. The third-order valence-electron chi connectivity index (χ3n) is 3.13. The molecule has 3 rings (SSSR count). The first-order valence-corrected chi connectivity index (χ1v) is 6.66. The number of hydrogen-bond acceptors (Lipinski definition) is 1. The fourth-order valence-electron chi connectivity index (χ4n) is 2.12. The second-order valence-electron chi connectivity index (χ2n) is 4.55. The van der Waals surface area contributed by atoms with E-state index < -0.39 is 0 Å². The summed E-state index contributed by atoms with van der Waals surface area (Å²) in [5.74, 6) is 0.794. The van der Waals surface area contributed by atoms with Crippen LogP contribution in [0.2, 0.25) is 0 Å². The van der Waals surface area contributed by atoms with Gasteiger partial charge in [-0.15, -0.1) is 0 Å². The average molecular weight is 259 g/mol. The Bertz CT molecular complexity index is 660. The predicted molar refractivity (Wildman–Crippen MR) is 81.5 cm³/mol. The van der Waals surface area contributed by atoms with Crippen LogP contribution in [-0.4, -0.2) is 0 Å². The molecule has 0 aliphatic rings. The molecule has 3 aromatic rings. The van der Waals surface area contributed by atoms with E-state index >= 15 is 0 Å². The summed E-state index contributed by atoms with van der Waals surface area (Å²) in [6.45, 7) is 0.557. The van der Waals surface area contributed by atoms with Crippen molar-refractivity contribution in [2.24, 2.45) is 0 Å². The van der Waals surface area contributed by atoms with Crippen molar-refractivity contribution in [1.82, 2.24) is 0 Å². The Labute approximate surface area is 119 Å². The molecule has 0 aromatic heterocycles. The average Bonchev–Trinajstić information content (AvgIpc) is 2.55. The minimum Gasteiger partial charge on any atom is -0.488 e. The van der Waals surface area contributed by atoms with E-state index in [1.54, 1.807) is 0 Å². The summed E-state index contributed by atoms with van der Waals surface area (Å²) in [6.07, 6.45) is 0. The minimum atomic E-state index is 0.557. The molecule has 20 heavy (non-hydrogen) atoms. The molecule has 0 aliphatic heterocycles. The molecule has 0 unspecified atom stereocenters. The summed E-state index contributed by atoms with van der Waals surface area (Å²) in [5.41, 5.74) is 3.38. The smallest absolute Gasteiger partial charge is 0.135 e. The summed E-state index contributed by atoms with van der Waals surface area (Å²) < 4.78 is 5.92. The fourth-order valence-corrected chi connectivity index (χ4v) is 2.12. The molecule has 1 heteroatoms. The van der Waals surface area contributed by atoms with E-state index in [1.807, 2.05) is 48.5 Å². The van der Waals surface area contributed by atoms with Crippen molar-refractivity contribution in [2.75, 3.05) is 0 Å². The zero-order valence-corrected chi connectivity index (χ0v) is 11.1. The predicted octanol–water partition coefficient (Wildman–Crippen LogP) is 4.73. The summed E-state index contributed by atoms with van der Waals surface area (Å²) in [7, 11) is 0. The molecule has 3 aromatic carbocycles. The van der Waals surface area contributed by atoms with Crippen molar-refractivity contribution in [3.63, 3.8) is 0 Å². The third kappa shape index (κ3) is 2.89. The van der Waals surface area contributed by atoms with Crippen molar-refractivity contribution >= 4 is 0 Å². The molecule has 1 radical (unpaired) electrons. The van der Waals surface area contributed by atoms with Gasteiger partial charge in [0.2, 0.25) is 0 Å². The SMILES string of the molecule is [c]1cccc(-c2ccccc2)c1OCc1ccccc1. The van der Waals surface area contributed by atoms with Crippen molar-refractivity contribution in [3.8, 4) is 16.9 Å². The van der Waals surface area contributed by atoms with Gasteiger partial charge in [0, 0.05) is 11.6 Å². The monoisotopic (exact) mass is 259 g/mol. The Morgan fingerprint density at radius 1 is 0.750 bits per heavy atom. The topological polar surface area (TPSA) is 9.23 Å². The van der Waals surface area contributed by atoms with E-state index in [2.05, 4.69) is 36.4 Å². The van der Waals surface area contributed by atoms with Crippen LogP contribution in [0.5, 0.6) is 5.75 Å². The summed E-state index contributed by atoms with van der Waals surface area (Å²) in [6, 6.07) is 29.5. The van der Waals surface area contributed by atoms with Gasteiger partial charge in [-0.3, -0.25) is 0 Å². The fraction of sp³-hybridized carbons (Fsp3) is 0.0526. The van der Waals surface area contributed by atoms with Crippen LogP contribution < -0.4 is 4.74 Å². The van der Waals surface area contributed by atoms with Gasteiger partial charge >= 0.3 is 0 Å². The quantitative estimate of drug-likeness (QED) is 0.658. The molecule has 0 aliphatic carbocycles. The zero-order valence-electron chi connectivity index (χ0n) is 11.1. The number of rotatable bonds is 4. The molecule has 0 saturated heterocycles. The van der Waals surface area contributed by atoms with Gasteiger partial charge in [0.05, 0.1) is 0 Å². The maximum absolute atomic E-state index is 5.92. The van der Waals surface area contributed by atoms with Crippen LogP contribution in [-0.2, 0) is 6.61 Å². The van der Waals surface area contributed by atoms with E-state index in [0.717, 1.165) is 22.4 Å². The van der Waals surface area contributed by atoms with Crippen LogP contribution in [0.3, 0.4) is 0 Å². The van der Waals surface area contributed by atoms with Gasteiger partial charge < -0.3 is 4.74 Å². The number of para-hydroxylation sites is 1. The molecule has 0 amide bonds. The van der Waals surface area contributed by atoms with Crippen LogP contribution in [0.15, 0.2) is 78.9 Å². The zero-order chi connectivity index (χ0) is 13.6. The van der Waals surface area contributed by atoms with E-state index in [4.69, 9.17) is 4.74 Å². The van der Waals surface area contributed by atoms with Gasteiger partial charge in [-0.25, -0.2) is 0 Å². The van der Waals surface area contributed by atoms with Gasteiger partial charge in [-0.05, 0) is 11.1 Å². The Balaban J connectivity index is 1.84. The van der Waals surface area contributed by atoms with Gasteiger partial charge in [0.1, 0.15) is 12.4 Å². The second kappa shape index (κ2) is 6.07. The standard InChI is InChI=1S/C19H15O/c1-3-9-16(10-4-1)15-20-19-14-8-7-13-18(19)17-11-5-2-6-12-17/h1-13H,15H2. The molecule has 0 heterocycles. The highest BCUT2D eigenvalue weighted by Crippen LogP contribution is 2.29. The Kier molecular flexibility index (Phi) is 3.79. The summed E-state index contributed by atoms with van der Waals surface area (Å²) in [5, 5.41) is 0. The lowest BCUT2D eigenvalue weighted by Crippen LogP contribution is -1.96. The lowest BCUT2D eigenvalue weighted by molar-refractivity contribution is 0.307. The highest BCUT2D eigenvalue weighted by Gasteiger charge is 2.05. The first-order valence-electron chi connectivity index (χ1n) is 6.66. The Morgan fingerprint density at radius 2 is 1.45 bits per heavy atom. The highest BCUT2D eigenvalue weighted by atomic mass is 16.5. The molecule has 0 fully saturated rings. The normalized spacial score (nSPS) is 10.2.